The van der Waals surface area contributed by atoms with E-state index in [0.717, 1.165) is 25.0 Å². The molecule has 1 aliphatic carbocycles. The first kappa shape index (κ1) is 14.2. The molecule has 0 spiro atoms. The van der Waals surface area contributed by atoms with Crippen LogP contribution in [0.4, 0.5) is 10.1 Å². The van der Waals surface area contributed by atoms with Crippen LogP contribution in [0.5, 0.6) is 5.75 Å². The van der Waals surface area contributed by atoms with Crippen molar-refractivity contribution in [1.82, 2.24) is 0 Å². The second kappa shape index (κ2) is 5.83. The fourth-order valence-corrected chi connectivity index (χ4v) is 2.46. The third-order valence-corrected chi connectivity index (χ3v) is 3.75. The molecule has 2 atom stereocenters. The molecule has 0 saturated heterocycles. The molecule has 2 rings (SSSR count). The van der Waals surface area contributed by atoms with Crippen LogP contribution in [0, 0.1) is 15.9 Å². The zero-order chi connectivity index (χ0) is 14.0. The van der Waals surface area contributed by atoms with Crippen molar-refractivity contribution in [3.05, 3.63) is 32.5 Å². The van der Waals surface area contributed by atoms with Gasteiger partial charge in [0.25, 0.3) is 0 Å². The maximum Gasteiger partial charge on any atom is 0.312 e. The maximum atomic E-state index is 13.5. The molecule has 0 unspecified atom stereocenters. The predicted octanol–water partition coefficient (Wildman–Crippen LogP) is 3.18. The minimum atomic E-state index is -0.667. The molecule has 1 aromatic carbocycles. The number of aliphatic hydroxyl groups excluding tert-OH is 1. The van der Waals surface area contributed by atoms with Gasteiger partial charge in [0.15, 0.2) is 5.75 Å². The quantitative estimate of drug-likeness (QED) is 0.681. The van der Waals surface area contributed by atoms with E-state index in [0.29, 0.717) is 12.8 Å². The molecule has 0 aliphatic heterocycles. The highest BCUT2D eigenvalue weighted by atomic mass is 79.9. The number of nitro benzene ring substituents is 1. The van der Waals surface area contributed by atoms with Crippen molar-refractivity contribution in [1.29, 1.82) is 0 Å². The fourth-order valence-electron chi connectivity index (χ4n) is 2.13. The van der Waals surface area contributed by atoms with Gasteiger partial charge in [-0.3, -0.25) is 10.1 Å². The maximum absolute atomic E-state index is 13.5. The Morgan fingerprint density at radius 1 is 1.42 bits per heavy atom. The van der Waals surface area contributed by atoms with Crippen LogP contribution in [-0.2, 0) is 0 Å². The molecule has 19 heavy (non-hydrogen) atoms. The van der Waals surface area contributed by atoms with Gasteiger partial charge >= 0.3 is 5.69 Å². The molecule has 0 radical (unpaired) electrons. The Labute approximate surface area is 117 Å². The number of hydrogen-bond acceptors (Lipinski definition) is 4. The van der Waals surface area contributed by atoms with Gasteiger partial charge in [-0.1, -0.05) is 6.42 Å². The molecule has 1 saturated carbocycles. The van der Waals surface area contributed by atoms with Crippen LogP contribution in [0.2, 0.25) is 0 Å². The first-order chi connectivity index (χ1) is 8.99. The Morgan fingerprint density at radius 2 is 2.11 bits per heavy atom. The minimum absolute atomic E-state index is 0.00995. The van der Waals surface area contributed by atoms with Gasteiger partial charge in [-0.2, -0.15) is 0 Å². The number of nitrogens with zero attached hydrogens (tertiary/aromatic N) is 1. The number of aliphatic hydroxyl groups is 1. The van der Waals surface area contributed by atoms with Crippen molar-refractivity contribution >= 4 is 21.6 Å². The van der Waals surface area contributed by atoms with E-state index in [9.17, 15) is 19.6 Å². The topological polar surface area (TPSA) is 72.6 Å². The molecule has 1 aromatic rings. The van der Waals surface area contributed by atoms with Crippen molar-refractivity contribution in [2.24, 2.45) is 0 Å². The molecule has 104 valence electrons. The van der Waals surface area contributed by atoms with Crippen LogP contribution in [-0.4, -0.2) is 22.2 Å². The molecule has 0 bridgehead atoms. The second-order valence-electron chi connectivity index (χ2n) is 4.50. The van der Waals surface area contributed by atoms with Crippen molar-refractivity contribution in [2.45, 2.75) is 37.9 Å². The van der Waals surface area contributed by atoms with Gasteiger partial charge in [0.2, 0.25) is 0 Å². The van der Waals surface area contributed by atoms with Crippen molar-refractivity contribution in [3.63, 3.8) is 0 Å². The molecule has 0 amide bonds. The smallest absolute Gasteiger partial charge is 0.312 e. The summed E-state index contributed by atoms with van der Waals surface area (Å²) in [6.45, 7) is 0. The first-order valence-corrected chi connectivity index (χ1v) is 6.76. The SMILES string of the molecule is O=[N+]([O-])c1cc(Br)c(F)cc1O[C@H]1CCCC[C@@H]1O. The molecule has 1 aliphatic rings. The van der Waals surface area contributed by atoms with Gasteiger partial charge in [0, 0.05) is 12.1 Å². The summed E-state index contributed by atoms with van der Waals surface area (Å²) < 4.78 is 18.9. The van der Waals surface area contributed by atoms with E-state index in [-0.39, 0.29) is 15.9 Å². The molecule has 5 nitrogen and oxygen atoms in total. The van der Waals surface area contributed by atoms with Gasteiger partial charge in [-0.15, -0.1) is 0 Å². The van der Waals surface area contributed by atoms with Gasteiger partial charge in [0.1, 0.15) is 11.9 Å². The average molecular weight is 334 g/mol. The van der Waals surface area contributed by atoms with E-state index in [2.05, 4.69) is 15.9 Å². The average Bonchev–Trinajstić information content (AvgIpc) is 2.36. The summed E-state index contributed by atoms with van der Waals surface area (Å²) in [5, 5.41) is 20.7. The molecular weight excluding hydrogens is 321 g/mol. The highest BCUT2D eigenvalue weighted by Gasteiger charge is 2.28. The van der Waals surface area contributed by atoms with E-state index < -0.39 is 22.9 Å². The lowest BCUT2D eigenvalue weighted by Gasteiger charge is -2.28. The summed E-state index contributed by atoms with van der Waals surface area (Å²) in [6.07, 6.45) is 1.80. The van der Waals surface area contributed by atoms with Crippen LogP contribution < -0.4 is 4.74 Å². The Bertz CT molecular complexity index is 497. The molecule has 1 N–H and O–H groups in total. The Hall–Kier alpha value is -1.21. The van der Waals surface area contributed by atoms with Crippen LogP contribution in [0.3, 0.4) is 0 Å². The third kappa shape index (κ3) is 3.22. The Kier molecular flexibility index (Phi) is 4.36. The predicted molar refractivity (Wildman–Crippen MR) is 69.6 cm³/mol. The zero-order valence-corrected chi connectivity index (χ0v) is 11.6. The summed E-state index contributed by atoms with van der Waals surface area (Å²) in [7, 11) is 0. The highest BCUT2D eigenvalue weighted by Crippen LogP contribution is 2.35. The number of rotatable bonds is 3. The molecule has 0 aromatic heterocycles. The normalized spacial score (nSPS) is 23.1. The third-order valence-electron chi connectivity index (χ3n) is 3.14. The van der Waals surface area contributed by atoms with Gasteiger partial charge in [0.05, 0.1) is 15.5 Å². The minimum Gasteiger partial charge on any atom is -0.481 e. The van der Waals surface area contributed by atoms with Crippen molar-refractivity contribution in [3.8, 4) is 5.75 Å². The van der Waals surface area contributed by atoms with Crippen LogP contribution in [0.15, 0.2) is 16.6 Å². The summed E-state index contributed by atoms with van der Waals surface area (Å²) >= 11 is 2.90. The first-order valence-electron chi connectivity index (χ1n) is 5.97. The lowest BCUT2D eigenvalue weighted by Crippen LogP contribution is -2.34. The molecule has 7 heteroatoms. The van der Waals surface area contributed by atoms with Crippen molar-refractivity contribution in [2.75, 3.05) is 0 Å². The van der Waals surface area contributed by atoms with Gasteiger partial charge in [-0.25, -0.2) is 4.39 Å². The van der Waals surface area contributed by atoms with E-state index >= 15 is 0 Å². The number of ether oxygens (including phenoxy) is 1. The Balaban J connectivity index is 2.27. The lowest BCUT2D eigenvalue weighted by atomic mass is 9.95. The number of benzene rings is 1. The summed E-state index contributed by atoms with van der Waals surface area (Å²) in [4.78, 5) is 10.3. The Morgan fingerprint density at radius 3 is 2.74 bits per heavy atom. The number of hydrogen-bond donors (Lipinski definition) is 1. The largest absolute Gasteiger partial charge is 0.481 e. The van der Waals surface area contributed by atoms with Crippen LogP contribution >= 0.6 is 15.9 Å². The number of nitro groups is 1. The molecular formula is C12H13BrFNO4. The fraction of sp³-hybridized carbons (Fsp3) is 0.500. The highest BCUT2D eigenvalue weighted by molar-refractivity contribution is 9.10. The van der Waals surface area contributed by atoms with Crippen molar-refractivity contribution < 1.29 is 19.2 Å². The van der Waals surface area contributed by atoms with E-state index in [4.69, 9.17) is 4.74 Å². The summed E-state index contributed by atoms with van der Waals surface area (Å²) in [5.74, 6) is -0.775. The summed E-state index contributed by atoms with van der Waals surface area (Å²) in [5.41, 5.74) is -0.314. The van der Waals surface area contributed by atoms with Crippen LogP contribution in [0.25, 0.3) is 0 Å². The number of halogens is 2. The summed E-state index contributed by atoms with van der Waals surface area (Å²) in [6, 6.07) is 2.05. The standard InChI is InChI=1S/C12H13BrFNO4/c13-7-5-9(15(17)18)12(6-8(7)14)19-11-4-2-1-3-10(11)16/h5-6,10-11,16H,1-4H2/t10-,11-/m0/s1. The molecule has 1 fully saturated rings. The van der Waals surface area contributed by atoms with Crippen LogP contribution in [0.1, 0.15) is 25.7 Å². The van der Waals surface area contributed by atoms with Gasteiger partial charge < -0.3 is 9.84 Å². The zero-order valence-electron chi connectivity index (χ0n) is 10.0. The van der Waals surface area contributed by atoms with Gasteiger partial charge in [-0.05, 0) is 35.2 Å². The van der Waals surface area contributed by atoms with E-state index in [1.807, 2.05) is 0 Å². The van der Waals surface area contributed by atoms with E-state index in [1.165, 1.54) is 0 Å². The monoisotopic (exact) mass is 333 g/mol. The lowest BCUT2D eigenvalue weighted by molar-refractivity contribution is -0.386. The van der Waals surface area contributed by atoms with E-state index in [1.54, 1.807) is 0 Å². The second-order valence-corrected chi connectivity index (χ2v) is 5.35. The molecule has 0 heterocycles.